The van der Waals surface area contributed by atoms with Crippen LogP contribution in [0, 0.1) is 0 Å². The second-order valence-corrected chi connectivity index (χ2v) is 2.30. The molecule has 0 aliphatic carbocycles. The van der Waals surface area contributed by atoms with E-state index in [4.69, 9.17) is 5.11 Å². The smallest absolute Gasteiger partial charge is 0.351 e. The quantitative estimate of drug-likeness (QED) is 0.464. The Balaban J connectivity index is 4.12. The van der Waals surface area contributed by atoms with Gasteiger partial charge in [0.25, 0.3) is 0 Å². The summed E-state index contributed by atoms with van der Waals surface area (Å²) in [7, 11) is 0. The van der Waals surface area contributed by atoms with E-state index in [0.29, 0.717) is 4.99 Å². The molecule has 0 bridgehead atoms. The molecular formula is C6H9NO2S. The average molecular weight is 159 g/mol. The van der Waals surface area contributed by atoms with Crippen molar-refractivity contribution in [2.24, 2.45) is 0 Å². The topological polar surface area (TPSA) is 49.3 Å². The molecular weight excluding hydrogens is 150 g/mol. The van der Waals surface area contributed by atoms with Crippen molar-refractivity contribution in [3.63, 3.8) is 0 Å². The van der Waals surface area contributed by atoms with E-state index >= 15 is 0 Å². The number of hydrogen-bond donors (Lipinski definition) is 2. The predicted molar refractivity (Wildman–Crippen MR) is 42.8 cm³/mol. The van der Waals surface area contributed by atoms with E-state index in [1.54, 1.807) is 13.8 Å². The van der Waals surface area contributed by atoms with Gasteiger partial charge < -0.3 is 10.4 Å². The van der Waals surface area contributed by atoms with Gasteiger partial charge in [-0.1, -0.05) is 18.3 Å². The molecule has 0 aliphatic heterocycles. The Morgan fingerprint density at radius 3 is 2.30 bits per heavy atom. The number of carboxylic acid groups (broad SMARTS) is 1. The van der Waals surface area contributed by atoms with Crippen LogP contribution in [-0.2, 0) is 4.79 Å². The normalized spacial score (nSPS) is 10.8. The van der Waals surface area contributed by atoms with Gasteiger partial charge in [-0.15, -0.1) is 0 Å². The summed E-state index contributed by atoms with van der Waals surface area (Å²) in [5.41, 5.74) is 0.118. The van der Waals surface area contributed by atoms with E-state index < -0.39 is 5.97 Å². The number of thiocarbonyl (C=S) groups is 1. The highest BCUT2D eigenvalue weighted by Crippen LogP contribution is 1.88. The van der Waals surface area contributed by atoms with Crippen molar-refractivity contribution in [2.45, 2.75) is 13.8 Å². The van der Waals surface area contributed by atoms with Crippen molar-refractivity contribution in [1.82, 2.24) is 5.32 Å². The fourth-order valence-corrected chi connectivity index (χ4v) is 0.549. The first kappa shape index (κ1) is 9.10. The number of carboxylic acids is 1. The first-order valence-electron chi connectivity index (χ1n) is 2.75. The van der Waals surface area contributed by atoms with Gasteiger partial charge in [-0.2, -0.15) is 0 Å². The maximum Gasteiger partial charge on any atom is 0.351 e. The van der Waals surface area contributed by atoms with Gasteiger partial charge >= 0.3 is 5.97 Å². The second-order valence-electron chi connectivity index (χ2n) is 1.69. The minimum atomic E-state index is -0.994. The number of allylic oxidation sites excluding steroid dienone is 1. The molecule has 0 unspecified atom stereocenters. The minimum Gasteiger partial charge on any atom is -0.477 e. The van der Waals surface area contributed by atoms with Gasteiger partial charge in [0.2, 0.25) is 0 Å². The lowest BCUT2D eigenvalue weighted by Gasteiger charge is -2.01. The largest absolute Gasteiger partial charge is 0.477 e. The molecule has 0 rings (SSSR count). The highest BCUT2D eigenvalue weighted by atomic mass is 32.1. The van der Waals surface area contributed by atoms with E-state index in [-0.39, 0.29) is 5.70 Å². The summed E-state index contributed by atoms with van der Waals surface area (Å²) in [6, 6.07) is 0. The van der Waals surface area contributed by atoms with E-state index in [1.807, 2.05) is 0 Å². The summed E-state index contributed by atoms with van der Waals surface area (Å²) in [6.45, 7) is 3.26. The zero-order valence-corrected chi connectivity index (χ0v) is 6.66. The lowest BCUT2D eigenvalue weighted by atomic mass is 10.4. The molecule has 2 N–H and O–H groups in total. The van der Waals surface area contributed by atoms with Crippen molar-refractivity contribution >= 4 is 23.2 Å². The fourth-order valence-electron chi connectivity index (χ4n) is 0.439. The summed E-state index contributed by atoms with van der Waals surface area (Å²) < 4.78 is 0. The number of nitrogens with one attached hydrogen (secondary N) is 1. The summed E-state index contributed by atoms with van der Waals surface area (Å²) in [5, 5.41) is 11.0. The molecule has 0 heterocycles. The molecule has 4 heteroatoms. The Hall–Kier alpha value is -0.900. The van der Waals surface area contributed by atoms with E-state index in [0.717, 1.165) is 0 Å². The van der Waals surface area contributed by atoms with Gasteiger partial charge in [-0.25, -0.2) is 4.79 Å². The first-order valence-corrected chi connectivity index (χ1v) is 3.16. The van der Waals surface area contributed by atoms with E-state index in [1.165, 1.54) is 6.08 Å². The van der Waals surface area contributed by atoms with Crippen LogP contribution in [0.3, 0.4) is 0 Å². The molecule has 0 amide bonds. The number of rotatable bonds is 2. The van der Waals surface area contributed by atoms with Gasteiger partial charge in [0, 0.05) is 0 Å². The Morgan fingerprint density at radius 1 is 1.70 bits per heavy atom. The molecule has 3 nitrogen and oxygen atoms in total. The molecule has 0 aromatic heterocycles. The van der Waals surface area contributed by atoms with Gasteiger partial charge in [0.15, 0.2) is 0 Å². The maximum absolute atomic E-state index is 10.3. The van der Waals surface area contributed by atoms with Crippen molar-refractivity contribution in [3.05, 3.63) is 11.8 Å². The van der Waals surface area contributed by atoms with Gasteiger partial charge in [-0.3, -0.25) is 0 Å². The predicted octanol–water partition coefficient (Wildman–Crippen LogP) is 0.912. The summed E-state index contributed by atoms with van der Waals surface area (Å²) >= 11 is 4.64. The van der Waals surface area contributed by atoms with Crippen molar-refractivity contribution in [2.75, 3.05) is 0 Å². The second kappa shape index (κ2) is 4.00. The average Bonchev–Trinajstić information content (AvgIpc) is 1.81. The zero-order chi connectivity index (χ0) is 8.15. The minimum absolute atomic E-state index is 0.118. The first-order chi connectivity index (χ1) is 4.57. The van der Waals surface area contributed by atoms with Crippen molar-refractivity contribution < 1.29 is 9.90 Å². The zero-order valence-electron chi connectivity index (χ0n) is 5.84. The molecule has 0 aromatic carbocycles. The van der Waals surface area contributed by atoms with E-state index in [9.17, 15) is 4.79 Å². The molecule has 0 spiro atoms. The van der Waals surface area contributed by atoms with Crippen LogP contribution in [-0.4, -0.2) is 16.1 Å². The molecule has 10 heavy (non-hydrogen) atoms. The van der Waals surface area contributed by atoms with Crippen LogP contribution < -0.4 is 5.32 Å². The molecule has 0 atom stereocenters. The Morgan fingerprint density at radius 2 is 2.20 bits per heavy atom. The fraction of sp³-hybridized carbons (Fsp3) is 0.333. The van der Waals surface area contributed by atoms with Gasteiger partial charge in [0.05, 0.1) is 4.99 Å². The standard InChI is InChI=1S/C6H9NO2S/c1-3-5(6(8)9)7-4(2)10/h3H,1-2H3,(H,7,10)(H,8,9)/b5-3-. The van der Waals surface area contributed by atoms with E-state index in [2.05, 4.69) is 17.5 Å². The van der Waals surface area contributed by atoms with Crippen LogP contribution >= 0.6 is 12.2 Å². The van der Waals surface area contributed by atoms with Crippen LogP contribution in [0.2, 0.25) is 0 Å². The third-order valence-electron chi connectivity index (χ3n) is 0.830. The van der Waals surface area contributed by atoms with Crippen LogP contribution in [0.4, 0.5) is 0 Å². The summed E-state index contributed by atoms with van der Waals surface area (Å²) in [5.74, 6) is -0.994. The molecule has 56 valence electrons. The molecule has 0 aliphatic rings. The lowest BCUT2D eigenvalue weighted by molar-refractivity contribution is -0.132. The molecule has 0 fully saturated rings. The highest BCUT2D eigenvalue weighted by molar-refractivity contribution is 7.80. The van der Waals surface area contributed by atoms with Crippen LogP contribution in [0.5, 0.6) is 0 Å². The number of aliphatic carboxylic acids is 1. The summed E-state index contributed by atoms with van der Waals surface area (Å²) in [6.07, 6.45) is 1.46. The third-order valence-corrected chi connectivity index (χ3v) is 0.932. The number of hydrogen-bond acceptors (Lipinski definition) is 2. The Labute approximate surface area is 64.7 Å². The Kier molecular flexibility index (Phi) is 3.64. The molecule has 0 radical (unpaired) electrons. The number of carbonyl (C=O) groups is 1. The van der Waals surface area contributed by atoms with Crippen LogP contribution in [0.25, 0.3) is 0 Å². The van der Waals surface area contributed by atoms with Crippen molar-refractivity contribution in [1.29, 1.82) is 0 Å². The third kappa shape index (κ3) is 3.19. The summed E-state index contributed by atoms with van der Waals surface area (Å²) in [4.78, 5) is 10.7. The monoisotopic (exact) mass is 159 g/mol. The maximum atomic E-state index is 10.3. The molecule has 0 aromatic rings. The van der Waals surface area contributed by atoms with Crippen LogP contribution in [0.15, 0.2) is 11.8 Å². The molecule has 0 saturated carbocycles. The molecule has 0 saturated heterocycles. The van der Waals surface area contributed by atoms with Crippen molar-refractivity contribution in [3.8, 4) is 0 Å². The van der Waals surface area contributed by atoms with Gasteiger partial charge in [0.1, 0.15) is 5.70 Å². The van der Waals surface area contributed by atoms with Crippen LogP contribution in [0.1, 0.15) is 13.8 Å². The lowest BCUT2D eigenvalue weighted by Crippen LogP contribution is -2.23. The van der Waals surface area contributed by atoms with Gasteiger partial charge in [-0.05, 0) is 13.8 Å². The SMILES string of the molecule is C/C=C(\NC(C)=S)C(=O)O. The highest BCUT2D eigenvalue weighted by Gasteiger charge is 2.03. The Bertz CT molecular complexity index is 186.